The Bertz CT molecular complexity index is 315. The van der Waals surface area contributed by atoms with Crippen molar-refractivity contribution in [1.82, 2.24) is 5.32 Å². The van der Waals surface area contributed by atoms with Gasteiger partial charge in [0.05, 0.1) is 0 Å². The van der Waals surface area contributed by atoms with Crippen molar-refractivity contribution < 1.29 is 31.1 Å². The fraction of sp³-hybridized carbons (Fsp3) is 0.900. The standard InChI is InChI=1S/C10H12BrF6NO/c11-6-3-1-2-5(6)4-18-8(19)7(9(12,13)14)10(15,16)17/h5-7H,1-4H2,(H,18,19). The van der Waals surface area contributed by atoms with E-state index in [4.69, 9.17) is 0 Å². The molecular formula is C10H12BrF6NO. The molecule has 112 valence electrons. The number of alkyl halides is 7. The third kappa shape index (κ3) is 4.54. The van der Waals surface area contributed by atoms with E-state index in [9.17, 15) is 31.1 Å². The monoisotopic (exact) mass is 355 g/mol. The summed E-state index contributed by atoms with van der Waals surface area (Å²) in [6.07, 6.45) is -8.97. The molecule has 0 aliphatic heterocycles. The molecule has 0 heterocycles. The van der Waals surface area contributed by atoms with Crippen LogP contribution in [0.15, 0.2) is 0 Å². The molecule has 1 saturated carbocycles. The second-order valence-corrected chi connectivity index (χ2v) is 5.64. The number of carbonyl (C=O) groups excluding carboxylic acids is 1. The minimum Gasteiger partial charge on any atom is -0.355 e. The van der Waals surface area contributed by atoms with Crippen LogP contribution in [0.4, 0.5) is 26.3 Å². The second-order valence-electron chi connectivity index (χ2n) is 4.47. The molecule has 19 heavy (non-hydrogen) atoms. The van der Waals surface area contributed by atoms with Crippen molar-refractivity contribution in [3.8, 4) is 0 Å². The fourth-order valence-electron chi connectivity index (χ4n) is 2.04. The Hall–Kier alpha value is -0.470. The lowest BCUT2D eigenvalue weighted by Crippen LogP contribution is -2.49. The number of rotatable bonds is 3. The summed E-state index contributed by atoms with van der Waals surface area (Å²) in [5.41, 5.74) is 0. The molecular weight excluding hydrogens is 344 g/mol. The highest BCUT2D eigenvalue weighted by molar-refractivity contribution is 9.09. The first-order chi connectivity index (χ1) is 8.53. The summed E-state index contributed by atoms with van der Waals surface area (Å²) >= 11 is 3.28. The van der Waals surface area contributed by atoms with Crippen LogP contribution in [0.25, 0.3) is 0 Å². The van der Waals surface area contributed by atoms with Crippen molar-refractivity contribution in [3.63, 3.8) is 0 Å². The highest BCUT2D eigenvalue weighted by Crippen LogP contribution is 2.39. The van der Waals surface area contributed by atoms with E-state index < -0.39 is 24.2 Å². The third-order valence-electron chi connectivity index (χ3n) is 3.02. The summed E-state index contributed by atoms with van der Waals surface area (Å²) in [6.45, 7) is -0.183. The van der Waals surface area contributed by atoms with Gasteiger partial charge in [-0.2, -0.15) is 26.3 Å². The number of hydrogen-bond acceptors (Lipinski definition) is 1. The Morgan fingerprint density at radius 2 is 1.68 bits per heavy atom. The average Bonchev–Trinajstić information content (AvgIpc) is 2.56. The molecule has 0 aromatic heterocycles. The Labute approximate surface area is 114 Å². The molecule has 2 unspecified atom stereocenters. The van der Waals surface area contributed by atoms with Crippen LogP contribution in [0.1, 0.15) is 19.3 Å². The van der Waals surface area contributed by atoms with Gasteiger partial charge in [0.1, 0.15) is 0 Å². The first-order valence-corrected chi connectivity index (χ1v) is 6.50. The van der Waals surface area contributed by atoms with Crippen LogP contribution < -0.4 is 5.32 Å². The molecule has 2 atom stereocenters. The summed E-state index contributed by atoms with van der Waals surface area (Å²) in [5, 5.41) is 1.76. The van der Waals surface area contributed by atoms with Crippen LogP contribution in [-0.4, -0.2) is 29.6 Å². The van der Waals surface area contributed by atoms with E-state index in [0.29, 0.717) is 6.42 Å². The fourth-order valence-corrected chi connectivity index (χ4v) is 2.81. The van der Waals surface area contributed by atoms with Gasteiger partial charge in [-0.3, -0.25) is 4.79 Å². The minimum atomic E-state index is -5.63. The molecule has 1 aliphatic rings. The van der Waals surface area contributed by atoms with Gasteiger partial charge in [-0.15, -0.1) is 0 Å². The van der Waals surface area contributed by atoms with Gasteiger partial charge in [-0.1, -0.05) is 22.4 Å². The van der Waals surface area contributed by atoms with Crippen LogP contribution in [0, 0.1) is 11.8 Å². The zero-order valence-electron chi connectivity index (χ0n) is 9.61. The van der Waals surface area contributed by atoms with Gasteiger partial charge in [0.2, 0.25) is 11.8 Å². The maximum absolute atomic E-state index is 12.3. The van der Waals surface area contributed by atoms with Gasteiger partial charge < -0.3 is 5.32 Å². The van der Waals surface area contributed by atoms with Gasteiger partial charge in [0, 0.05) is 11.4 Å². The maximum atomic E-state index is 12.3. The van der Waals surface area contributed by atoms with E-state index in [2.05, 4.69) is 15.9 Å². The normalized spacial score (nSPS) is 24.8. The van der Waals surface area contributed by atoms with Crippen LogP contribution in [0.5, 0.6) is 0 Å². The minimum absolute atomic E-state index is 0.0167. The van der Waals surface area contributed by atoms with Crippen LogP contribution >= 0.6 is 15.9 Å². The smallest absolute Gasteiger partial charge is 0.355 e. The Kier molecular flexibility index (Phi) is 5.14. The molecule has 1 N–H and O–H groups in total. The maximum Gasteiger partial charge on any atom is 0.409 e. The van der Waals surface area contributed by atoms with E-state index >= 15 is 0 Å². The predicted molar refractivity (Wildman–Crippen MR) is 58.7 cm³/mol. The van der Waals surface area contributed by atoms with Gasteiger partial charge in [-0.05, 0) is 18.8 Å². The lowest BCUT2D eigenvalue weighted by atomic mass is 10.1. The quantitative estimate of drug-likeness (QED) is 0.610. The first-order valence-electron chi connectivity index (χ1n) is 5.58. The molecule has 0 radical (unpaired) electrons. The van der Waals surface area contributed by atoms with Crippen molar-refractivity contribution >= 4 is 21.8 Å². The molecule has 0 aromatic carbocycles. The van der Waals surface area contributed by atoms with Crippen LogP contribution in [0.3, 0.4) is 0 Å². The van der Waals surface area contributed by atoms with Crippen molar-refractivity contribution in [3.05, 3.63) is 0 Å². The third-order valence-corrected chi connectivity index (χ3v) is 4.23. The van der Waals surface area contributed by atoms with E-state index in [1.165, 1.54) is 0 Å². The molecule has 0 aromatic rings. The zero-order chi connectivity index (χ0) is 14.8. The van der Waals surface area contributed by atoms with E-state index in [0.717, 1.165) is 12.8 Å². The molecule has 0 saturated heterocycles. The van der Waals surface area contributed by atoms with Crippen molar-refractivity contribution in [1.29, 1.82) is 0 Å². The summed E-state index contributed by atoms with van der Waals surface area (Å²) < 4.78 is 73.5. The molecule has 1 rings (SSSR count). The molecule has 0 bridgehead atoms. The Balaban J connectivity index is 2.63. The Morgan fingerprint density at radius 1 is 1.16 bits per heavy atom. The molecule has 1 fully saturated rings. The largest absolute Gasteiger partial charge is 0.409 e. The number of nitrogens with one attached hydrogen (secondary N) is 1. The van der Waals surface area contributed by atoms with Gasteiger partial charge >= 0.3 is 12.4 Å². The molecule has 1 amide bonds. The van der Waals surface area contributed by atoms with Crippen LogP contribution in [0.2, 0.25) is 0 Å². The predicted octanol–water partition coefficient (Wildman–Crippen LogP) is 3.41. The van der Waals surface area contributed by atoms with Crippen LogP contribution in [-0.2, 0) is 4.79 Å². The van der Waals surface area contributed by atoms with E-state index in [1.54, 1.807) is 5.32 Å². The number of carbonyl (C=O) groups is 1. The Morgan fingerprint density at radius 3 is 2.05 bits per heavy atom. The van der Waals surface area contributed by atoms with Gasteiger partial charge in [-0.25, -0.2) is 0 Å². The van der Waals surface area contributed by atoms with E-state index in [-0.39, 0.29) is 17.3 Å². The topological polar surface area (TPSA) is 29.1 Å². The first kappa shape index (κ1) is 16.6. The summed E-state index contributed by atoms with van der Waals surface area (Å²) in [6, 6.07) is 0. The molecule has 0 spiro atoms. The lowest BCUT2D eigenvalue weighted by Gasteiger charge is -2.23. The van der Waals surface area contributed by atoms with E-state index in [1.807, 2.05) is 0 Å². The number of amides is 1. The number of halogens is 7. The molecule has 2 nitrogen and oxygen atoms in total. The highest BCUT2D eigenvalue weighted by atomic mass is 79.9. The average molecular weight is 356 g/mol. The summed E-state index contributed by atoms with van der Waals surface area (Å²) in [5.74, 6) is -6.13. The van der Waals surface area contributed by atoms with Crippen molar-refractivity contribution in [2.24, 2.45) is 11.8 Å². The lowest BCUT2D eigenvalue weighted by molar-refractivity contribution is -0.274. The SMILES string of the molecule is O=C(NCC1CCCC1Br)C(C(F)(F)F)C(F)(F)F. The zero-order valence-corrected chi connectivity index (χ0v) is 11.2. The van der Waals surface area contributed by atoms with Gasteiger partial charge in [0.15, 0.2) is 0 Å². The van der Waals surface area contributed by atoms with Crippen molar-refractivity contribution in [2.45, 2.75) is 36.4 Å². The second kappa shape index (κ2) is 5.88. The summed E-state index contributed by atoms with van der Waals surface area (Å²) in [7, 11) is 0. The molecule has 1 aliphatic carbocycles. The summed E-state index contributed by atoms with van der Waals surface area (Å²) in [4.78, 5) is 11.2. The van der Waals surface area contributed by atoms with Gasteiger partial charge in [0.25, 0.3) is 0 Å². The van der Waals surface area contributed by atoms with Crippen molar-refractivity contribution in [2.75, 3.05) is 6.54 Å². The molecule has 9 heteroatoms. The number of hydrogen-bond donors (Lipinski definition) is 1. The highest BCUT2D eigenvalue weighted by Gasteiger charge is 2.61.